The maximum Gasteiger partial charge on any atom is 0.338 e. The van der Waals surface area contributed by atoms with E-state index in [9.17, 15) is 24.6 Å². The summed E-state index contributed by atoms with van der Waals surface area (Å²) in [6.07, 6.45) is 7.03. The zero-order chi connectivity index (χ0) is 26.1. The SMILES string of the molecule is C[C@@H]1C[C@H]2[C@H]3CCC4=CC(=O)C=C[C@]4(C)[C@@]3(F)[C@@H](O)C[C@]2(C)[C@@]1(O)C(=O)COC(=O)c1ccncc1. The summed E-state index contributed by atoms with van der Waals surface area (Å²) in [6, 6.07) is 2.93. The molecule has 8 heteroatoms. The Hall–Kier alpha value is -2.71. The van der Waals surface area contributed by atoms with Gasteiger partial charge in [-0.25, -0.2) is 9.18 Å². The first-order valence-corrected chi connectivity index (χ1v) is 12.5. The third-order valence-corrected chi connectivity index (χ3v) is 9.90. The van der Waals surface area contributed by atoms with Crippen LogP contribution in [0.15, 0.2) is 48.3 Å². The first-order valence-electron chi connectivity index (χ1n) is 12.5. The second-order valence-electron chi connectivity index (χ2n) is 11.4. The van der Waals surface area contributed by atoms with Gasteiger partial charge in [-0.15, -0.1) is 0 Å². The lowest BCUT2D eigenvalue weighted by Crippen LogP contribution is -2.69. The molecule has 0 aromatic carbocycles. The summed E-state index contributed by atoms with van der Waals surface area (Å²) in [7, 11) is 0. The van der Waals surface area contributed by atoms with Crippen LogP contribution in [-0.2, 0) is 14.3 Å². The lowest BCUT2D eigenvalue weighted by Gasteiger charge is -2.62. The Morgan fingerprint density at radius 3 is 2.61 bits per heavy atom. The predicted octanol–water partition coefficient (Wildman–Crippen LogP) is 3.16. The van der Waals surface area contributed by atoms with Gasteiger partial charge in [-0.1, -0.05) is 25.5 Å². The summed E-state index contributed by atoms with van der Waals surface area (Å²) in [5.41, 5.74) is -5.27. The minimum atomic E-state index is -2.04. The molecule has 0 unspecified atom stereocenters. The number of esters is 1. The molecule has 0 saturated heterocycles. The Bertz CT molecular complexity index is 1180. The van der Waals surface area contributed by atoms with Crippen LogP contribution < -0.4 is 0 Å². The molecular formula is C28H32FNO6. The number of rotatable bonds is 4. The molecular weight excluding hydrogens is 465 g/mol. The van der Waals surface area contributed by atoms with Gasteiger partial charge in [0.1, 0.15) is 5.60 Å². The maximum atomic E-state index is 17.2. The Morgan fingerprint density at radius 2 is 1.92 bits per heavy atom. The fourth-order valence-electron chi connectivity index (χ4n) is 7.95. The van der Waals surface area contributed by atoms with Gasteiger partial charge in [0.25, 0.3) is 0 Å². The predicted molar refractivity (Wildman–Crippen MR) is 127 cm³/mol. The van der Waals surface area contributed by atoms with E-state index in [0.29, 0.717) is 24.8 Å². The summed E-state index contributed by atoms with van der Waals surface area (Å²) in [6.45, 7) is 4.61. The smallest absolute Gasteiger partial charge is 0.338 e. The van der Waals surface area contributed by atoms with E-state index in [1.807, 2.05) is 0 Å². The van der Waals surface area contributed by atoms with Gasteiger partial charge in [0.15, 0.2) is 18.1 Å². The van der Waals surface area contributed by atoms with Gasteiger partial charge >= 0.3 is 5.97 Å². The van der Waals surface area contributed by atoms with E-state index in [1.165, 1.54) is 36.7 Å². The molecule has 0 bridgehead atoms. The van der Waals surface area contributed by atoms with Crippen molar-refractivity contribution in [3.8, 4) is 0 Å². The van der Waals surface area contributed by atoms with Crippen LogP contribution in [0.3, 0.4) is 0 Å². The van der Waals surface area contributed by atoms with Gasteiger partial charge in [-0.2, -0.15) is 0 Å². The van der Waals surface area contributed by atoms with E-state index < -0.39 is 58.4 Å². The highest BCUT2D eigenvalue weighted by Crippen LogP contribution is 2.70. The molecule has 3 saturated carbocycles. The number of pyridine rings is 1. The van der Waals surface area contributed by atoms with E-state index in [1.54, 1.807) is 26.8 Å². The standard InChI is InChI=1S/C28H32FNO6/c1-16-12-21-20-5-4-18-13-19(31)6-9-25(18,2)27(20,29)22(32)14-26(21,3)28(16,35)23(33)15-36-24(34)17-7-10-30-11-8-17/h6-11,13,16,20-22,32,35H,4-5,12,14-15H2,1-3H3/t16-,20-,21+,22+,25+,26+,27+,28+/m1/s1. The van der Waals surface area contributed by atoms with E-state index >= 15 is 4.39 Å². The van der Waals surface area contributed by atoms with Gasteiger partial charge in [0.2, 0.25) is 5.78 Å². The zero-order valence-electron chi connectivity index (χ0n) is 20.7. The highest BCUT2D eigenvalue weighted by molar-refractivity contribution is 6.01. The molecule has 0 amide bonds. The number of fused-ring (bicyclic) bond motifs is 5. The number of aliphatic hydroxyl groups is 2. The number of halogens is 1. The van der Waals surface area contributed by atoms with Gasteiger partial charge < -0.3 is 14.9 Å². The molecule has 2 N–H and O–H groups in total. The second-order valence-corrected chi connectivity index (χ2v) is 11.4. The summed E-state index contributed by atoms with van der Waals surface area (Å²) >= 11 is 0. The fourth-order valence-corrected chi connectivity index (χ4v) is 7.95. The van der Waals surface area contributed by atoms with Crippen LogP contribution in [0.4, 0.5) is 4.39 Å². The highest BCUT2D eigenvalue weighted by Gasteiger charge is 2.75. The van der Waals surface area contributed by atoms with Crippen LogP contribution in [0.25, 0.3) is 0 Å². The number of alkyl halides is 1. The molecule has 0 radical (unpaired) electrons. The zero-order valence-corrected chi connectivity index (χ0v) is 20.7. The number of ether oxygens (including phenoxy) is 1. The van der Waals surface area contributed by atoms with Crippen LogP contribution in [0.1, 0.15) is 56.8 Å². The molecule has 5 rings (SSSR count). The monoisotopic (exact) mass is 497 g/mol. The summed E-state index contributed by atoms with van der Waals surface area (Å²) in [5, 5.41) is 23.3. The van der Waals surface area contributed by atoms with Crippen molar-refractivity contribution in [1.82, 2.24) is 4.98 Å². The molecule has 192 valence electrons. The van der Waals surface area contributed by atoms with Crippen LogP contribution in [-0.4, -0.2) is 56.7 Å². The van der Waals surface area contributed by atoms with Crippen molar-refractivity contribution in [3.63, 3.8) is 0 Å². The Labute approximate surface area is 209 Å². The Kier molecular flexibility index (Phi) is 5.65. The third-order valence-electron chi connectivity index (χ3n) is 9.90. The van der Waals surface area contributed by atoms with Gasteiger partial charge in [0, 0.05) is 29.1 Å². The van der Waals surface area contributed by atoms with E-state index in [4.69, 9.17) is 4.74 Å². The van der Waals surface area contributed by atoms with Crippen LogP contribution >= 0.6 is 0 Å². The number of ketones is 2. The fraction of sp³-hybridized carbons (Fsp3) is 0.571. The molecule has 4 aliphatic rings. The Morgan fingerprint density at radius 1 is 1.22 bits per heavy atom. The summed E-state index contributed by atoms with van der Waals surface area (Å²) in [5.74, 6) is -3.05. The average Bonchev–Trinajstić information content (AvgIpc) is 3.05. The average molecular weight is 498 g/mol. The summed E-state index contributed by atoms with van der Waals surface area (Å²) in [4.78, 5) is 41.7. The number of Topliss-reactive ketones (excluding diaryl/α,β-unsaturated/α-hetero) is 1. The lowest BCUT2D eigenvalue weighted by molar-refractivity contribution is -0.219. The molecule has 0 aliphatic heterocycles. The van der Waals surface area contributed by atoms with Crippen molar-refractivity contribution in [2.24, 2.45) is 28.6 Å². The van der Waals surface area contributed by atoms with E-state index in [-0.39, 0.29) is 23.7 Å². The number of carbonyl (C=O) groups excluding carboxylic acids is 3. The van der Waals surface area contributed by atoms with Crippen molar-refractivity contribution >= 4 is 17.5 Å². The number of aromatic nitrogens is 1. The molecule has 8 atom stereocenters. The van der Waals surface area contributed by atoms with E-state index in [0.717, 1.165) is 0 Å². The second kappa shape index (κ2) is 8.15. The van der Waals surface area contributed by atoms with Crippen molar-refractivity contribution < 1.29 is 33.7 Å². The first kappa shape index (κ1) is 25.0. The topological polar surface area (TPSA) is 114 Å². The van der Waals surface area contributed by atoms with Gasteiger partial charge in [-0.05, 0) is 68.7 Å². The maximum absolute atomic E-state index is 17.2. The normalized spacial score (nSPS) is 43.2. The van der Waals surface area contributed by atoms with Crippen molar-refractivity contribution in [1.29, 1.82) is 0 Å². The minimum Gasteiger partial charge on any atom is -0.454 e. The molecule has 3 fully saturated rings. The summed E-state index contributed by atoms with van der Waals surface area (Å²) < 4.78 is 22.4. The van der Waals surface area contributed by atoms with E-state index in [2.05, 4.69) is 4.98 Å². The number of aliphatic hydroxyl groups excluding tert-OH is 1. The number of allylic oxidation sites excluding steroid dienone is 4. The Balaban J connectivity index is 1.44. The first-order chi connectivity index (χ1) is 16.9. The molecule has 36 heavy (non-hydrogen) atoms. The molecule has 0 spiro atoms. The quantitative estimate of drug-likeness (QED) is 0.615. The highest BCUT2D eigenvalue weighted by atomic mass is 19.1. The van der Waals surface area contributed by atoms with Crippen molar-refractivity contribution in [2.75, 3.05) is 6.61 Å². The number of hydrogen-bond acceptors (Lipinski definition) is 7. The van der Waals surface area contributed by atoms with Crippen LogP contribution in [0.5, 0.6) is 0 Å². The molecule has 1 aromatic rings. The largest absolute Gasteiger partial charge is 0.454 e. The van der Waals surface area contributed by atoms with Crippen LogP contribution in [0.2, 0.25) is 0 Å². The van der Waals surface area contributed by atoms with Crippen molar-refractivity contribution in [2.45, 2.75) is 63.8 Å². The lowest BCUT2D eigenvalue weighted by atomic mass is 9.44. The van der Waals surface area contributed by atoms with Gasteiger partial charge in [0.05, 0.1) is 11.7 Å². The molecule has 7 nitrogen and oxygen atoms in total. The third kappa shape index (κ3) is 3.10. The molecule has 4 aliphatic carbocycles. The molecule has 1 aromatic heterocycles. The van der Waals surface area contributed by atoms with Crippen LogP contribution in [0, 0.1) is 28.6 Å². The molecule has 1 heterocycles. The number of carbonyl (C=O) groups is 3. The minimum absolute atomic E-state index is 0.125. The number of nitrogens with zero attached hydrogens (tertiary/aromatic N) is 1. The number of hydrogen-bond donors (Lipinski definition) is 2. The van der Waals surface area contributed by atoms with Gasteiger partial charge in [-0.3, -0.25) is 14.6 Å². The van der Waals surface area contributed by atoms with Crippen molar-refractivity contribution in [3.05, 3.63) is 53.9 Å².